The van der Waals surface area contributed by atoms with E-state index < -0.39 is 5.60 Å². The first kappa shape index (κ1) is 14.7. The number of nitrogens with one attached hydrogen (secondary N) is 2. The molecule has 0 aliphatic heterocycles. The highest BCUT2D eigenvalue weighted by atomic mass is 16.5. The molecule has 0 atom stereocenters. The quantitative estimate of drug-likeness (QED) is 0.775. The highest BCUT2D eigenvalue weighted by Gasteiger charge is 2.31. The molecular weight excluding hydrogens is 256 g/mol. The average Bonchev–Trinajstić information content (AvgIpc) is 2.87. The average molecular weight is 278 g/mol. The van der Waals surface area contributed by atoms with E-state index in [4.69, 9.17) is 4.74 Å². The number of carbonyl (C=O) groups is 1. The number of benzene rings is 1. The van der Waals surface area contributed by atoms with Gasteiger partial charge in [0.15, 0.2) is 0 Å². The molecule has 0 saturated heterocycles. The third-order valence-corrected chi connectivity index (χ3v) is 3.54. The molecule has 0 bridgehead atoms. The Kier molecular flexibility index (Phi) is 4.84. The molecule has 20 heavy (non-hydrogen) atoms. The van der Waals surface area contributed by atoms with Crippen molar-refractivity contribution in [3.05, 3.63) is 24.3 Å². The van der Waals surface area contributed by atoms with Crippen molar-refractivity contribution in [3.63, 3.8) is 0 Å². The van der Waals surface area contributed by atoms with E-state index in [1.54, 1.807) is 12.1 Å². The summed E-state index contributed by atoms with van der Waals surface area (Å²) in [5.74, 6) is 0.777. The SMILES string of the molecule is CCOc1ccc(NC(=O)NCC2(O)CCCC2)cc1. The second-order valence-electron chi connectivity index (χ2n) is 5.20. The molecule has 3 N–H and O–H groups in total. The summed E-state index contributed by atoms with van der Waals surface area (Å²) >= 11 is 0. The van der Waals surface area contributed by atoms with Gasteiger partial charge in [0.2, 0.25) is 0 Å². The van der Waals surface area contributed by atoms with E-state index >= 15 is 0 Å². The van der Waals surface area contributed by atoms with E-state index in [0.29, 0.717) is 18.8 Å². The maximum Gasteiger partial charge on any atom is 0.319 e. The van der Waals surface area contributed by atoms with Crippen LogP contribution in [0.3, 0.4) is 0 Å². The van der Waals surface area contributed by atoms with Crippen molar-refractivity contribution >= 4 is 11.7 Å². The van der Waals surface area contributed by atoms with E-state index in [2.05, 4.69) is 10.6 Å². The number of ether oxygens (including phenoxy) is 1. The van der Waals surface area contributed by atoms with Gasteiger partial charge in [0.05, 0.1) is 12.2 Å². The van der Waals surface area contributed by atoms with E-state index in [9.17, 15) is 9.90 Å². The van der Waals surface area contributed by atoms with Crippen LogP contribution >= 0.6 is 0 Å². The highest BCUT2D eigenvalue weighted by molar-refractivity contribution is 5.89. The van der Waals surface area contributed by atoms with Gasteiger partial charge in [-0.05, 0) is 44.0 Å². The number of hydrogen-bond acceptors (Lipinski definition) is 3. The van der Waals surface area contributed by atoms with Gasteiger partial charge in [-0.1, -0.05) is 12.8 Å². The molecule has 2 rings (SSSR count). The number of rotatable bonds is 5. The second-order valence-corrected chi connectivity index (χ2v) is 5.20. The molecule has 110 valence electrons. The lowest BCUT2D eigenvalue weighted by atomic mass is 10.0. The summed E-state index contributed by atoms with van der Waals surface area (Å²) in [6, 6.07) is 6.89. The van der Waals surface area contributed by atoms with Crippen LogP contribution in [-0.4, -0.2) is 29.9 Å². The van der Waals surface area contributed by atoms with Gasteiger partial charge < -0.3 is 20.5 Å². The van der Waals surface area contributed by atoms with E-state index in [-0.39, 0.29) is 6.03 Å². The number of anilines is 1. The summed E-state index contributed by atoms with van der Waals surface area (Å²) in [7, 11) is 0. The van der Waals surface area contributed by atoms with Gasteiger partial charge in [-0.25, -0.2) is 4.79 Å². The third kappa shape index (κ3) is 4.13. The monoisotopic (exact) mass is 278 g/mol. The number of carbonyl (C=O) groups excluding carboxylic acids is 1. The van der Waals surface area contributed by atoms with Gasteiger partial charge >= 0.3 is 6.03 Å². The Morgan fingerprint density at radius 2 is 1.95 bits per heavy atom. The van der Waals surface area contributed by atoms with Gasteiger partial charge in [-0.3, -0.25) is 0 Å². The van der Waals surface area contributed by atoms with Gasteiger partial charge in [-0.15, -0.1) is 0 Å². The zero-order chi connectivity index (χ0) is 14.4. The van der Waals surface area contributed by atoms with Crippen LogP contribution in [0, 0.1) is 0 Å². The molecule has 1 saturated carbocycles. The van der Waals surface area contributed by atoms with Crippen LogP contribution in [0.2, 0.25) is 0 Å². The van der Waals surface area contributed by atoms with Crippen LogP contribution in [0.1, 0.15) is 32.6 Å². The molecule has 0 unspecified atom stereocenters. The summed E-state index contributed by atoms with van der Waals surface area (Å²) in [6.07, 6.45) is 3.57. The molecule has 2 amide bonds. The van der Waals surface area contributed by atoms with Crippen molar-refractivity contribution in [3.8, 4) is 5.75 Å². The lowest BCUT2D eigenvalue weighted by Crippen LogP contribution is -2.42. The Morgan fingerprint density at radius 1 is 1.30 bits per heavy atom. The predicted octanol–water partition coefficient (Wildman–Crippen LogP) is 2.51. The minimum Gasteiger partial charge on any atom is -0.494 e. The fraction of sp³-hybridized carbons (Fsp3) is 0.533. The standard InChI is InChI=1S/C15H22N2O3/c1-2-20-13-7-5-12(6-8-13)17-14(18)16-11-15(19)9-3-4-10-15/h5-8,19H,2-4,9-11H2,1H3,(H2,16,17,18). The molecule has 1 fully saturated rings. The molecular formula is C15H22N2O3. The Hall–Kier alpha value is -1.75. The first-order chi connectivity index (χ1) is 9.61. The van der Waals surface area contributed by atoms with Crippen LogP contribution in [0.15, 0.2) is 24.3 Å². The topological polar surface area (TPSA) is 70.6 Å². The van der Waals surface area contributed by atoms with Crippen molar-refractivity contribution in [2.75, 3.05) is 18.5 Å². The molecule has 0 radical (unpaired) electrons. The Balaban J connectivity index is 1.79. The van der Waals surface area contributed by atoms with Crippen LogP contribution in [0.4, 0.5) is 10.5 Å². The fourth-order valence-electron chi connectivity index (χ4n) is 2.43. The van der Waals surface area contributed by atoms with E-state index in [1.807, 2.05) is 19.1 Å². The summed E-state index contributed by atoms with van der Waals surface area (Å²) < 4.78 is 5.33. The summed E-state index contributed by atoms with van der Waals surface area (Å²) in [5, 5.41) is 15.6. The third-order valence-electron chi connectivity index (χ3n) is 3.54. The molecule has 1 aliphatic rings. The smallest absolute Gasteiger partial charge is 0.319 e. The highest BCUT2D eigenvalue weighted by Crippen LogP contribution is 2.28. The van der Waals surface area contributed by atoms with Gasteiger partial charge in [0, 0.05) is 12.2 Å². The maximum atomic E-state index is 11.8. The van der Waals surface area contributed by atoms with Crippen LogP contribution < -0.4 is 15.4 Å². The largest absolute Gasteiger partial charge is 0.494 e. The lowest BCUT2D eigenvalue weighted by molar-refractivity contribution is 0.0506. The van der Waals surface area contributed by atoms with Crippen molar-refractivity contribution in [1.82, 2.24) is 5.32 Å². The molecule has 0 spiro atoms. The van der Waals surface area contributed by atoms with Crippen LogP contribution in [0.5, 0.6) is 5.75 Å². The molecule has 5 nitrogen and oxygen atoms in total. The molecule has 5 heteroatoms. The minimum atomic E-state index is -0.726. The predicted molar refractivity (Wildman–Crippen MR) is 78.1 cm³/mol. The normalized spacial score (nSPS) is 16.7. The van der Waals surface area contributed by atoms with Crippen LogP contribution in [-0.2, 0) is 0 Å². The zero-order valence-electron chi connectivity index (χ0n) is 11.8. The first-order valence-corrected chi connectivity index (χ1v) is 7.11. The number of amides is 2. The second kappa shape index (κ2) is 6.61. The fourth-order valence-corrected chi connectivity index (χ4v) is 2.43. The molecule has 1 aliphatic carbocycles. The van der Waals surface area contributed by atoms with Crippen molar-refractivity contribution in [2.45, 2.75) is 38.2 Å². The number of hydrogen-bond donors (Lipinski definition) is 3. The van der Waals surface area contributed by atoms with Gasteiger partial charge in [-0.2, -0.15) is 0 Å². The van der Waals surface area contributed by atoms with Gasteiger partial charge in [0.25, 0.3) is 0 Å². The first-order valence-electron chi connectivity index (χ1n) is 7.11. The molecule has 1 aromatic carbocycles. The minimum absolute atomic E-state index is 0.297. The zero-order valence-corrected chi connectivity index (χ0v) is 11.8. The lowest BCUT2D eigenvalue weighted by Gasteiger charge is -2.22. The Bertz CT molecular complexity index is 439. The van der Waals surface area contributed by atoms with Crippen molar-refractivity contribution in [2.24, 2.45) is 0 Å². The summed E-state index contributed by atoms with van der Waals surface area (Å²) in [5.41, 5.74) is -0.0275. The van der Waals surface area contributed by atoms with Gasteiger partial charge in [0.1, 0.15) is 5.75 Å². The van der Waals surface area contributed by atoms with Crippen molar-refractivity contribution in [1.29, 1.82) is 0 Å². The number of urea groups is 1. The summed E-state index contributed by atoms with van der Waals surface area (Å²) in [6.45, 7) is 2.84. The molecule has 1 aromatic rings. The van der Waals surface area contributed by atoms with E-state index in [1.165, 1.54) is 0 Å². The van der Waals surface area contributed by atoms with E-state index in [0.717, 1.165) is 31.4 Å². The Morgan fingerprint density at radius 3 is 2.55 bits per heavy atom. The summed E-state index contributed by atoms with van der Waals surface area (Å²) in [4.78, 5) is 11.8. The Labute approximate surface area is 119 Å². The van der Waals surface area contributed by atoms with Crippen LogP contribution in [0.25, 0.3) is 0 Å². The molecule has 0 aromatic heterocycles. The van der Waals surface area contributed by atoms with Crippen molar-refractivity contribution < 1.29 is 14.6 Å². The number of aliphatic hydroxyl groups is 1. The maximum absolute atomic E-state index is 11.8. The molecule has 0 heterocycles.